The molecule has 20 heavy (non-hydrogen) atoms. The number of nitrogens with zero attached hydrogens (tertiary/aromatic N) is 1. The number of carboxylic acid groups (broad SMARTS) is 1. The van der Waals surface area contributed by atoms with Gasteiger partial charge in [-0.05, 0) is 24.6 Å². The van der Waals surface area contributed by atoms with E-state index in [9.17, 15) is 9.59 Å². The third kappa shape index (κ3) is 5.17. The van der Waals surface area contributed by atoms with Gasteiger partial charge >= 0.3 is 12.0 Å². The molecule has 0 saturated carbocycles. The number of hydrogen-bond acceptors (Lipinski definition) is 3. The Morgan fingerprint density at radius 1 is 1.35 bits per heavy atom. The molecule has 0 saturated heterocycles. The number of amides is 2. The molecule has 0 aliphatic heterocycles. The van der Waals surface area contributed by atoms with Crippen molar-refractivity contribution in [2.75, 3.05) is 14.2 Å². The van der Waals surface area contributed by atoms with E-state index >= 15 is 0 Å². The van der Waals surface area contributed by atoms with Gasteiger partial charge in [0.05, 0.1) is 13.5 Å². The zero-order chi connectivity index (χ0) is 15.1. The summed E-state index contributed by atoms with van der Waals surface area (Å²) >= 11 is 0. The van der Waals surface area contributed by atoms with Gasteiger partial charge in [-0.25, -0.2) is 4.79 Å². The van der Waals surface area contributed by atoms with Crippen LogP contribution in [-0.4, -0.2) is 42.2 Å². The number of carbonyl (C=O) groups excluding carboxylic acids is 1. The summed E-state index contributed by atoms with van der Waals surface area (Å²) in [6, 6.07) is 6.71. The maximum absolute atomic E-state index is 11.9. The van der Waals surface area contributed by atoms with Gasteiger partial charge in [0.1, 0.15) is 5.75 Å². The lowest BCUT2D eigenvalue weighted by Gasteiger charge is -2.20. The first kappa shape index (κ1) is 15.8. The van der Waals surface area contributed by atoms with Crippen LogP contribution in [0.15, 0.2) is 24.3 Å². The van der Waals surface area contributed by atoms with Crippen LogP contribution in [0.3, 0.4) is 0 Å². The fourth-order valence-corrected chi connectivity index (χ4v) is 1.71. The number of methoxy groups -OCH3 is 1. The van der Waals surface area contributed by atoms with Gasteiger partial charge in [0.2, 0.25) is 0 Å². The minimum atomic E-state index is -0.935. The highest BCUT2D eigenvalue weighted by Gasteiger charge is 2.14. The van der Waals surface area contributed by atoms with Crippen molar-refractivity contribution >= 4 is 12.0 Å². The van der Waals surface area contributed by atoms with Crippen LogP contribution in [0.2, 0.25) is 0 Å². The predicted octanol–water partition coefficient (Wildman–Crippen LogP) is 1.70. The number of carbonyl (C=O) groups is 2. The van der Waals surface area contributed by atoms with Gasteiger partial charge in [-0.3, -0.25) is 4.79 Å². The van der Waals surface area contributed by atoms with E-state index < -0.39 is 12.0 Å². The zero-order valence-corrected chi connectivity index (χ0v) is 11.9. The van der Waals surface area contributed by atoms with E-state index in [4.69, 9.17) is 9.84 Å². The predicted molar refractivity (Wildman–Crippen MR) is 74.7 cm³/mol. The Morgan fingerprint density at radius 3 is 2.45 bits per heavy atom. The van der Waals surface area contributed by atoms with E-state index in [1.54, 1.807) is 21.1 Å². The van der Waals surface area contributed by atoms with Gasteiger partial charge in [-0.2, -0.15) is 0 Å². The van der Waals surface area contributed by atoms with Gasteiger partial charge in [0.15, 0.2) is 0 Å². The normalized spacial score (nSPS) is 11.6. The Bertz CT molecular complexity index is 459. The molecule has 1 unspecified atom stereocenters. The van der Waals surface area contributed by atoms with Crippen molar-refractivity contribution in [3.8, 4) is 5.75 Å². The maximum Gasteiger partial charge on any atom is 0.317 e. The topological polar surface area (TPSA) is 78.9 Å². The van der Waals surface area contributed by atoms with E-state index in [2.05, 4.69) is 5.32 Å². The molecule has 0 bridgehead atoms. The Labute approximate surface area is 118 Å². The number of carboxylic acids is 1. The van der Waals surface area contributed by atoms with Gasteiger partial charge in [-0.1, -0.05) is 12.1 Å². The lowest BCUT2D eigenvalue weighted by atomic mass is 10.2. The maximum atomic E-state index is 11.9. The lowest BCUT2D eigenvalue weighted by molar-refractivity contribution is -0.137. The molecule has 1 atom stereocenters. The quantitative estimate of drug-likeness (QED) is 0.831. The van der Waals surface area contributed by atoms with Crippen molar-refractivity contribution in [2.24, 2.45) is 0 Å². The second-order valence-corrected chi connectivity index (χ2v) is 4.65. The Morgan fingerprint density at radius 2 is 1.95 bits per heavy atom. The molecule has 2 N–H and O–H groups in total. The summed E-state index contributed by atoms with van der Waals surface area (Å²) in [4.78, 5) is 23.9. The highest BCUT2D eigenvalue weighted by molar-refractivity contribution is 5.75. The number of rotatable bonds is 6. The highest BCUT2D eigenvalue weighted by atomic mass is 16.5. The van der Waals surface area contributed by atoms with E-state index in [0.29, 0.717) is 6.54 Å². The smallest absolute Gasteiger partial charge is 0.317 e. The Balaban J connectivity index is 2.50. The molecular weight excluding hydrogens is 260 g/mol. The van der Waals surface area contributed by atoms with Crippen LogP contribution in [-0.2, 0) is 11.3 Å². The number of aliphatic carboxylic acids is 1. The summed E-state index contributed by atoms with van der Waals surface area (Å²) in [6.07, 6.45) is -0.0951. The molecule has 0 aliphatic rings. The second kappa shape index (κ2) is 7.37. The number of ether oxygens (including phenoxy) is 1. The van der Waals surface area contributed by atoms with Gasteiger partial charge in [0, 0.05) is 19.6 Å². The average Bonchev–Trinajstić information content (AvgIpc) is 2.38. The summed E-state index contributed by atoms with van der Waals surface area (Å²) in [7, 11) is 3.26. The standard InChI is InChI=1S/C14H20N2O4/c1-10(8-13(17)18)15-14(19)16(2)9-11-4-6-12(20-3)7-5-11/h4-7,10H,8-9H2,1-3H3,(H,15,19)(H,17,18). The SMILES string of the molecule is COc1ccc(CN(C)C(=O)NC(C)CC(=O)O)cc1. The molecule has 6 nitrogen and oxygen atoms in total. The molecule has 2 amide bonds. The Hall–Kier alpha value is -2.24. The molecule has 0 spiro atoms. The molecule has 6 heteroatoms. The Kier molecular flexibility index (Phi) is 5.83. The van der Waals surface area contributed by atoms with Crippen LogP contribution in [0.25, 0.3) is 0 Å². The number of nitrogens with one attached hydrogen (secondary N) is 1. The van der Waals surface area contributed by atoms with Crippen LogP contribution in [0.5, 0.6) is 5.75 Å². The molecule has 1 aromatic carbocycles. The fraction of sp³-hybridized carbons (Fsp3) is 0.429. The van der Waals surface area contributed by atoms with Crippen molar-refractivity contribution in [1.29, 1.82) is 0 Å². The molecule has 0 aliphatic carbocycles. The molecule has 0 radical (unpaired) electrons. The first-order valence-electron chi connectivity index (χ1n) is 6.28. The van der Waals surface area contributed by atoms with Crippen molar-refractivity contribution in [3.05, 3.63) is 29.8 Å². The summed E-state index contributed by atoms with van der Waals surface area (Å²) in [6.45, 7) is 2.10. The summed E-state index contributed by atoms with van der Waals surface area (Å²) in [5, 5.41) is 11.3. The van der Waals surface area contributed by atoms with E-state index in [1.807, 2.05) is 24.3 Å². The van der Waals surface area contributed by atoms with Crippen LogP contribution in [0.1, 0.15) is 18.9 Å². The van der Waals surface area contributed by atoms with Crippen molar-refractivity contribution in [3.63, 3.8) is 0 Å². The van der Waals surface area contributed by atoms with Crippen molar-refractivity contribution in [2.45, 2.75) is 25.9 Å². The summed E-state index contributed by atoms with van der Waals surface area (Å²) < 4.78 is 5.06. The second-order valence-electron chi connectivity index (χ2n) is 4.65. The summed E-state index contributed by atoms with van der Waals surface area (Å²) in [5.74, 6) is -0.174. The highest BCUT2D eigenvalue weighted by Crippen LogP contribution is 2.12. The van der Waals surface area contributed by atoms with E-state index in [1.165, 1.54) is 4.90 Å². The van der Waals surface area contributed by atoms with Crippen molar-refractivity contribution < 1.29 is 19.4 Å². The van der Waals surface area contributed by atoms with Crippen LogP contribution in [0, 0.1) is 0 Å². The monoisotopic (exact) mass is 280 g/mol. The number of benzene rings is 1. The van der Waals surface area contributed by atoms with Crippen LogP contribution in [0.4, 0.5) is 4.79 Å². The molecule has 1 rings (SSSR count). The summed E-state index contributed by atoms with van der Waals surface area (Å²) in [5.41, 5.74) is 0.967. The third-order valence-corrected chi connectivity index (χ3v) is 2.78. The largest absolute Gasteiger partial charge is 0.497 e. The fourth-order valence-electron chi connectivity index (χ4n) is 1.71. The average molecular weight is 280 g/mol. The zero-order valence-electron chi connectivity index (χ0n) is 11.9. The van der Waals surface area contributed by atoms with Crippen LogP contribution >= 0.6 is 0 Å². The lowest BCUT2D eigenvalue weighted by Crippen LogP contribution is -2.42. The first-order valence-corrected chi connectivity index (χ1v) is 6.28. The van der Waals surface area contributed by atoms with Gasteiger partial charge in [-0.15, -0.1) is 0 Å². The molecule has 0 aromatic heterocycles. The first-order chi connectivity index (χ1) is 9.42. The third-order valence-electron chi connectivity index (χ3n) is 2.78. The number of hydrogen-bond donors (Lipinski definition) is 2. The van der Waals surface area contributed by atoms with Gasteiger partial charge < -0.3 is 20.1 Å². The van der Waals surface area contributed by atoms with E-state index in [0.717, 1.165) is 11.3 Å². The van der Waals surface area contributed by atoms with E-state index in [-0.39, 0.29) is 12.5 Å². The van der Waals surface area contributed by atoms with Crippen molar-refractivity contribution in [1.82, 2.24) is 10.2 Å². The van der Waals surface area contributed by atoms with Gasteiger partial charge in [0.25, 0.3) is 0 Å². The molecule has 0 fully saturated rings. The number of urea groups is 1. The molecule has 110 valence electrons. The van der Waals surface area contributed by atoms with Crippen LogP contribution < -0.4 is 10.1 Å². The molecule has 1 aromatic rings. The minimum Gasteiger partial charge on any atom is -0.497 e. The minimum absolute atomic E-state index is 0.0951. The molecular formula is C14H20N2O4. The molecule has 0 heterocycles.